The summed E-state index contributed by atoms with van der Waals surface area (Å²) in [6.07, 6.45) is 3.49. The van der Waals surface area contributed by atoms with Crippen molar-refractivity contribution in [1.29, 1.82) is 0 Å². The van der Waals surface area contributed by atoms with Crippen molar-refractivity contribution in [2.45, 2.75) is 40.0 Å². The van der Waals surface area contributed by atoms with Gasteiger partial charge in [-0.1, -0.05) is 20.8 Å². The van der Waals surface area contributed by atoms with Crippen LogP contribution < -0.4 is 0 Å². The summed E-state index contributed by atoms with van der Waals surface area (Å²) >= 11 is 0. The Hall–Kier alpha value is -0.530. The number of likely N-dealkylation sites (tertiary alicyclic amines) is 1. The van der Waals surface area contributed by atoms with Gasteiger partial charge in [0.1, 0.15) is 0 Å². The third-order valence-corrected chi connectivity index (χ3v) is 2.66. The average Bonchev–Trinajstić information content (AvgIpc) is 2.92. The molecule has 1 heterocycles. The molecule has 1 aliphatic heterocycles. The molecule has 1 saturated carbocycles. The highest BCUT2D eigenvalue weighted by atomic mass is 16.2. The van der Waals surface area contributed by atoms with Crippen LogP contribution in [0.2, 0.25) is 0 Å². The van der Waals surface area contributed by atoms with E-state index in [1.165, 1.54) is 6.42 Å². The molecule has 1 unspecified atom stereocenters. The maximum Gasteiger partial charge on any atom is 0.225 e. The molecule has 2 rings (SSSR count). The van der Waals surface area contributed by atoms with Gasteiger partial charge in [0.25, 0.3) is 0 Å². The molecule has 0 aromatic rings. The summed E-state index contributed by atoms with van der Waals surface area (Å²) in [5, 5.41) is 0. The molecule has 0 spiro atoms. The average molecular weight is 183 g/mol. The maximum absolute atomic E-state index is 11.5. The van der Waals surface area contributed by atoms with Gasteiger partial charge in [0.05, 0.1) is 0 Å². The van der Waals surface area contributed by atoms with Crippen LogP contribution in [0, 0.1) is 11.8 Å². The van der Waals surface area contributed by atoms with Crippen LogP contribution in [0.4, 0.5) is 0 Å². The molecule has 0 aromatic heterocycles. The van der Waals surface area contributed by atoms with Crippen molar-refractivity contribution in [3.8, 4) is 0 Å². The number of hydrogen-bond donors (Lipinski definition) is 0. The predicted octanol–water partition coefficient (Wildman–Crippen LogP) is 2.29. The first-order valence-corrected chi connectivity index (χ1v) is 5.56. The lowest BCUT2D eigenvalue weighted by molar-refractivity contribution is -0.131. The van der Waals surface area contributed by atoms with E-state index in [0.29, 0.717) is 11.8 Å². The zero-order chi connectivity index (χ0) is 9.84. The maximum atomic E-state index is 11.5. The van der Waals surface area contributed by atoms with Crippen LogP contribution >= 0.6 is 0 Å². The summed E-state index contributed by atoms with van der Waals surface area (Å²) < 4.78 is 0. The van der Waals surface area contributed by atoms with Gasteiger partial charge in [-0.05, 0) is 25.2 Å². The Labute approximate surface area is 81.3 Å². The second-order valence-corrected chi connectivity index (χ2v) is 3.95. The molecule has 1 saturated heterocycles. The lowest BCUT2D eigenvalue weighted by Crippen LogP contribution is -2.29. The van der Waals surface area contributed by atoms with Crippen molar-refractivity contribution in [3.63, 3.8) is 0 Å². The van der Waals surface area contributed by atoms with Crippen LogP contribution in [0.1, 0.15) is 40.0 Å². The van der Waals surface area contributed by atoms with Crippen LogP contribution in [-0.2, 0) is 4.79 Å². The fraction of sp³-hybridized carbons (Fsp3) is 0.909. The summed E-state index contributed by atoms with van der Waals surface area (Å²) in [6, 6.07) is 0. The fourth-order valence-electron chi connectivity index (χ4n) is 1.72. The normalized spacial score (nSPS) is 26.7. The van der Waals surface area contributed by atoms with Crippen LogP contribution in [0.25, 0.3) is 0 Å². The molecule has 0 aromatic carbocycles. The highest BCUT2D eigenvalue weighted by molar-refractivity contribution is 5.81. The molecule has 76 valence electrons. The Balaban J connectivity index is 0.000000396. The second kappa shape index (κ2) is 4.64. The molecule has 0 radical (unpaired) electrons. The van der Waals surface area contributed by atoms with Crippen LogP contribution in [0.5, 0.6) is 0 Å². The number of rotatable bonds is 1. The van der Waals surface area contributed by atoms with Gasteiger partial charge in [-0.15, -0.1) is 0 Å². The zero-order valence-corrected chi connectivity index (χ0v) is 9.05. The van der Waals surface area contributed by atoms with E-state index in [1.807, 2.05) is 18.7 Å². The van der Waals surface area contributed by atoms with E-state index in [-0.39, 0.29) is 0 Å². The number of carbonyl (C=O) groups is 1. The van der Waals surface area contributed by atoms with Crippen molar-refractivity contribution in [1.82, 2.24) is 4.90 Å². The molecule has 0 bridgehead atoms. The molecule has 1 amide bonds. The van der Waals surface area contributed by atoms with E-state index in [2.05, 4.69) is 6.92 Å². The molecule has 2 nitrogen and oxygen atoms in total. The number of nitrogens with zero attached hydrogens (tertiary/aromatic N) is 1. The van der Waals surface area contributed by atoms with E-state index in [1.54, 1.807) is 0 Å². The van der Waals surface area contributed by atoms with Crippen LogP contribution in [0.15, 0.2) is 0 Å². The minimum absolute atomic E-state index is 0.417. The minimum Gasteiger partial charge on any atom is -0.342 e. The topological polar surface area (TPSA) is 20.3 Å². The van der Waals surface area contributed by atoms with E-state index < -0.39 is 0 Å². The van der Waals surface area contributed by atoms with Gasteiger partial charge in [-0.25, -0.2) is 0 Å². The van der Waals surface area contributed by atoms with Gasteiger partial charge < -0.3 is 4.90 Å². The first-order valence-electron chi connectivity index (χ1n) is 5.56. The molecular weight excluding hydrogens is 162 g/mol. The molecule has 0 N–H and O–H groups in total. The molecular formula is C11H21NO. The van der Waals surface area contributed by atoms with Crippen molar-refractivity contribution in [3.05, 3.63) is 0 Å². The van der Waals surface area contributed by atoms with Crippen molar-refractivity contribution in [2.24, 2.45) is 11.8 Å². The van der Waals surface area contributed by atoms with Crippen molar-refractivity contribution < 1.29 is 4.79 Å². The Kier molecular flexibility index (Phi) is 3.76. The highest BCUT2D eigenvalue weighted by Crippen LogP contribution is 2.32. The van der Waals surface area contributed by atoms with Crippen molar-refractivity contribution in [2.75, 3.05) is 13.1 Å². The summed E-state index contributed by atoms with van der Waals surface area (Å²) in [5.41, 5.74) is 0. The molecule has 13 heavy (non-hydrogen) atoms. The lowest BCUT2D eigenvalue weighted by atomic mass is 10.2. The van der Waals surface area contributed by atoms with Gasteiger partial charge in [0.2, 0.25) is 5.91 Å². The van der Waals surface area contributed by atoms with Crippen molar-refractivity contribution >= 4 is 5.91 Å². The summed E-state index contributed by atoms with van der Waals surface area (Å²) in [4.78, 5) is 13.5. The number of carbonyl (C=O) groups excluding carboxylic acids is 1. The second-order valence-electron chi connectivity index (χ2n) is 3.95. The smallest absolute Gasteiger partial charge is 0.225 e. The minimum atomic E-state index is 0.417. The quantitative estimate of drug-likeness (QED) is 0.611. The molecule has 2 fully saturated rings. The van der Waals surface area contributed by atoms with Crippen LogP contribution in [-0.4, -0.2) is 23.9 Å². The Morgan fingerprint density at radius 2 is 1.85 bits per heavy atom. The third-order valence-electron chi connectivity index (χ3n) is 2.66. The van der Waals surface area contributed by atoms with Gasteiger partial charge in [-0.2, -0.15) is 0 Å². The summed E-state index contributed by atoms with van der Waals surface area (Å²) in [7, 11) is 0. The van der Waals surface area contributed by atoms with Crippen LogP contribution in [0.3, 0.4) is 0 Å². The fourth-order valence-corrected chi connectivity index (χ4v) is 1.72. The molecule has 2 heteroatoms. The largest absolute Gasteiger partial charge is 0.342 e. The zero-order valence-electron chi connectivity index (χ0n) is 9.05. The molecule has 1 aliphatic carbocycles. The third kappa shape index (κ3) is 2.71. The molecule has 2 aliphatic rings. The van der Waals surface area contributed by atoms with Gasteiger partial charge in [0.15, 0.2) is 0 Å². The Bertz CT molecular complexity index is 175. The first kappa shape index (κ1) is 10.6. The standard InChI is InChI=1S/C9H15NO.C2H6/c1-7-4-5-10(6-7)9(11)8-2-3-8;1-2/h7-8H,2-6H2,1H3;1-2H3. The van der Waals surface area contributed by atoms with E-state index in [4.69, 9.17) is 0 Å². The summed E-state index contributed by atoms with van der Waals surface area (Å²) in [5.74, 6) is 1.58. The highest BCUT2D eigenvalue weighted by Gasteiger charge is 2.35. The Morgan fingerprint density at radius 3 is 2.23 bits per heavy atom. The van der Waals surface area contributed by atoms with Gasteiger partial charge in [-0.3, -0.25) is 4.79 Å². The predicted molar refractivity (Wildman–Crippen MR) is 54.4 cm³/mol. The lowest BCUT2D eigenvalue weighted by Gasteiger charge is -2.14. The number of amides is 1. The first-order chi connectivity index (χ1) is 6.27. The van der Waals surface area contributed by atoms with E-state index in [0.717, 1.165) is 31.8 Å². The SMILES string of the molecule is CC.CC1CCN(C(=O)C2CC2)C1. The summed E-state index contributed by atoms with van der Waals surface area (Å²) in [6.45, 7) is 8.24. The number of hydrogen-bond acceptors (Lipinski definition) is 1. The van der Waals surface area contributed by atoms with E-state index >= 15 is 0 Å². The van der Waals surface area contributed by atoms with Gasteiger partial charge >= 0.3 is 0 Å². The van der Waals surface area contributed by atoms with E-state index in [9.17, 15) is 4.79 Å². The Morgan fingerprint density at radius 1 is 1.23 bits per heavy atom. The van der Waals surface area contributed by atoms with Gasteiger partial charge in [0, 0.05) is 19.0 Å². The monoisotopic (exact) mass is 183 g/mol. The molecule has 1 atom stereocenters.